The summed E-state index contributed by atoms with van der Waals surface area (Å²) in [5, 5.41) is 22.0. The van der Waals surface area contributed by atoms with E-state index in [0.717, 1.165) is 16.8 Å². The van der Waals surface area contributed by atoms with Gasteiger partial charge in [0, 0.05) is 12.1 Å². The van der Waals surface area contributed by atoms with Crippen LogP contribution in [-0.2, 0) is 4.79 Å². The van der Waals surface area contributed by atoms with Gasteiger partial charge in [-0.15, -0.1) is 0 Å². The molecule has 3 rings (SSSR count). The molecule has 0 saturated carbocycles. The Morgan fingerprint density at radius 3 is 3.06 bits per heavy atom. The van der Waals surface area contributed by atoms with Crippen molar-refractivity contribution in [3.63, 3.8) is 0 Å². The summed E-state index contributed by atoms with van der Waals surface area (Å²) in [4.78, 5) is 11.6. The molecule has 0 radical (unpaired) electrons. The fourth-order valence-corrected chi connectivity index (χ4v) is 2.91. The van der Waals surface area contributed by atoms with Gasteiger partial charge in [-0.3, -0.25) is 4.79 Å². The predicted octanol–water partition coefficient (Wildman–Crippen LogP) is 1.69. The smallest absolute Gasteiger partial charge is 0.224 e. The maximum Gasteiger partial charge on any atom is 0.224 e. The van der Waals surface area contributed by atoms with Crippen LogP contribution in [0, 0.1) is 17.2 Å². The van der Waals surface area contributed by atoms with Crippen molar-refractivity contribution in [3.05, 3.63) is 29.3 Å². The molecule has 2 N–H and O–H groups in total. The number of carbonyl (C=O) groups is 1. The lowest BCUT2D eigenvalue weighted by Crippen LogP contribution is -2.31. The van der Waals surface area contributed by atoms with Gasteiger partial charge in [0.15, 0.2) is 0 Å². The minimum absolute atomic E-state index is 0.00673. The summed E-state index contributed by atoms with van der Waals surface area (Å²) in [5.41, 5.74) is 2.61. The molecule has 1 heterocycles. The van der Waals surface area contributed by atoms with Crippen molar-refractivity contribution >= 4 is 11.6 Å². The SMILES string of the molecule is N#C[C@@H]1C[C@@H]2CC(=O)Nc3cccc(c32)[C@@H]1O. The van der Waals surface area contributed by atoms with E-state index in [4.69, 9.17) is 5.26 Å². The number of aliphatic hydroxyl groups excluding tert-OH is 1. The van der Waals surface area contributed by atoms with Crippen molar-refractivity contribution in [1.29, 1.82) is 5.26 Å². The van der Waals surface area contributed by atoms with Gasteiger partial charge in [-0.05, 0) is 29.5 Å². The number of aliphatic hydroxyl groups is 1. The highest BCUT2D eigenvalue weighted by Crippen LogP contribution is 2.47. The van der Waals surface area contributed by atoms with Gasteiger partial charge in [-0.25, -0.2) is 0 Å². The van der Waals surface area contributed by atoms with Crippen molar-refractivity contribution in [2.75, 3.05) is 5.32 Å². The zero-order chi connectivity index (χ0) is 12.0. The molecule has 1 aliphatic heterocycles. The van der Waals surface area contributed by atoms with E-state index in [1.165, 1.54) is 0 Å². The Kier molecular flexibility index (Phi) is 2.17. The van der Waals surface area contributed by atoms with Crippen LogP contribution in [0.4, 0.5) is 5.69 Å². The summed E-state index contributed by atoms with van der Waals surface area (Å²) in [6.45, 7) is 0. The maximum atomic E-state index is 11.6. The second kappa shape index (κ2) is 3.57. The molecule has 0 bridgehead atoms. The average molecular weight is 228 g/mol. The van der Waals surface area contributed by atoms with Crippen molar-refractivity contribution in [2.24, 2.45) is 5.92 Å². The second-order valence-corrected chi connectivity index (χ2v) is 4.67. The standard InChI is InChI=1S/C13H12N2O2/c14-6-8-4-7-5-11(16)15-10-3-1-2-9(12(7)10)13(8)17/h1-3,7-8,13,17H,4-5H2,(H,15,16)/t7-,8+,13-/m1/s1. The molecule has 1 aromatic rings. The van der Waals surface area contributed by atoms with E-state index in [-0.39, 0.29) is 11.8 Å². The van der Waals surface area contributed by atoms with Gasteiger partial charge in [0.05, 0.1) is 18.1 Å². The minimum Gasteiger partial charge on any atom is -0.387 e. The number of nitrogens with zero attached hydrogens (tertiary/aromatic N) is 1. The summed E-state index contributed by atoms with van der Waals surface area (Å²) in [6, 6.07) is 7.64. The fourth-order valence-electron chi connectivity index (χ4n) is 2.91. The molecule has 0 unspecified atom stereocenters. The molecular weight excluding hydrogens is 216 g/mol. The number of hydrogen-bond donors (Lipinski definition) is 2. The summed E-state index contributed by atoms with van der Waals surface area (Å²) in [6.07, 6.45) is 0.241. The zero-order valence-electron chi connectivity index (χ0n) is 9.18. The lowest BCUT2D eigenvalue weighted by molar-refractivity contribution is -0.117. The summed E-state index contributed by atoms with van der Waals surface area (Å²) in [5.74, 6) is -0.343. The molecule has 0 spiro atoms. The number of benzene rings is 1. The fraction of sp³-hybridized carbons (Fsp3) is 0.385. The normalized spacial score (nSPS) is 30.1. The molecule has 0 aromatic heterocycles. The molecule has 17 heavy (non-hydrogen) atoms. The van der Waals surface area contributed by atoms with Crippen molar-refractivity contribution in [1.82, 2.24) is 0 Å². The highest BCUT2D eigenvalue weighted by Gasteiger charge is 2.38. The highest BCUT2D eigenvalue weighted by molar-refractivity contribution is 5.95. The molecule has 1 aliphatic carbocycles. The van der Waals surface area contributed by atoms with Gasteiger partial charge in [0.2, 0.25) is 5.91 Å². The van der Waals surface area contributed by atoms with Gasteiger partial charge >= 0.3 is 0 Å². The van der Waals surface area contributed by atoms with Crippen molar-refractivity contribution in [3.8, 4) is 6.07 Å². The molecule has 1 aromatic carbocycles. The first kappa shape index (κ1) is 10.3. The van der Waals surface area contributed by atoms with E-state index < -0.39 is 12.0 Å². The van der Waals surface area contributed by atoms with Crippen LogP contribution in [0.5, 0.6) is 0 Å². The number of anilines is 1. The van der Waals surface area contributed by atoms with Crippen molar-refractivity contribution < 1.29 is 9.90 Å². The molecule has 4 nitrogen and oxygen atoms in total. The molecule has 1 amide bonds. The lowest BCUT2D eigenvalue weighted by Gasteiger charge is -2.36. The molecule has 3 atom stereocenters. The Bertz CT molecular complexity index is 533. The van der Waals surface area contributed by atoms with Crippen LogP contribution in [0.15, 0.2) is 18.2 Å². The number of nitriles is 1. The third-order valence-electron chi connectivity index (χ3n) is 3.66. The predicted molar refractivity (Wildman–Crippen MR) is 61.1 cm³/mol. The third kappa shape index (κ3) is 1.43. The van der Waals surface area contributed by atoms with Gasteiger partial charge < -0.3 is 10.4 Å². The van der Waals surface area contributed by atoms with Crippen LogP contribution < -0.4 is 5.32 Å². The van der Waals surface area contributed by atoms with E-state index >= 15 is 0 Å². The molecule has 0 fully saturated rings. The molecule has 0 saturated heterocycles. The van der Waals surface area contributed by atoms with Gasteiger partial charge in [0.1, 0.15) is 0 Å². The Morgan fingerprint density at radius 2 is 2.29 bits per heavy atom. The number of nitrogens with one attached hydrogen (secondary N) is 1. The second-order valence-electron chi connectivity index (χ2n) is 4.67. The average Bonchev–Trinajstić information content (AvgIpc) is 2.33. The van der Waals surface area contributed by atoms with Crippen LogP contribution in [0.1, 0.15) is 36.0 Å². The highest BCUT2D eigenvalue weighted by atomic mass is 16.3. The van der Waals surface area contributed by atoms with E-state index in [2.05, 4.69) is 11.4 Å². The zero-order valence-corrected chi connectivity index (χ0v) is 9.18. The van der Waals surface area contributed by atoms with Crippen LogP contribution in [0.2, 0.25) is 0 Å². The quantitative estimate of drug-likeness (QED) is 0.709. The maximum absolute atomic E-state index is 11.6. The Balaban J connectivity index is 2.17. The summed E-state index contributed by atoms with van der Waals surface area (Å²) >= 11 is 0. The molecular formula is C13H12N2O2. The van der Waals surface area contributed by atoms with E-state index in [9.17, 15) is 9.90 Å². The number of carbonyl (C=O) groups excluding carboxylic acids is 1. The number of hydrogen-bond acceptors (Lipinski definition) is 3. The monoisotopic (exact) mass is 228 g/mol. The van der Waals surface area contributed by atoms with Gasteiger partial charge in [-0.2, -0.15) is 5.26 Å². The minimum atomic E-state index is -0.735. The van der Waals surface area contributed by atoms with Crippen LogP contribution in [-0.4, -0.2) is 11.0 Å². The van der Waals surface area contributed by atoms with Crippen LogP contribution in [0.25, 0.3) is 0 Å². The van der Waals surface area contributed by atoms with Crippen LogP contribution >= 0.6 is 0 Å². The van der Waals surface area contributed by atoms with Crippen LogP contribution in [0.3, 0.4) is 0 Å². The topological polar surface area (TPSA) is 73.1 Å². The number of amides is 1. The van der Waals surface area contributed by atoms with Crippen molar-refractivity contribution in [2.45, 2.75) is 24.9 Å². The Labute approximate surface area is 98.9 Å². The largest absolute Gasteiger partial charge is 0.387 e. The molecule has 86 valence electrons. The summed E-state index contributed by atoms with van der Waals surface area (Å²) in [7, 11) is 0. The molecule has 4 heteroatoms. The van der Waals surface area contributed by atoms with Gasteiger partial charge in [0.25, 0.3) is 0 Å². The first-order chi connectivity index (χ1) is 8.20. The van der Waals surface area contributed by atoms with E-state index in [1.807, 2.05) is 12.1 Å². The Hall–Kier alpha value is -1.86. The molecule has 2 aliphatic rings. The van der Waals surface area contributed by atoms with Gasteiger partial charge in [-0.1, -0.05) is 12.1 Å². The first-order valence-corrected chi connectivity index (χ1v) is 5.71. The Morgan fingerprint density at radius 1 is 1.47 bits per heavy atom. The first-order valence-electron chi connectivity index (χ1n) is 5.71. The lowest BCUT2D eigenvalue weighted by atomic mass is 9.72. The van der Waals surface area contributed by atoms with E-state index in [1.54, 1.807) is 6.07 Å². The summed E-state index contributed by atoms with van der Waals surface area (Å²) < 4.78 is 0. The van der Waals surface area contributed by atoms with E-state index in [0.29, 0.717) is 12.8 Å². The number of rotatable bonds is 0. The third-order valence-corrected chi connectivity index (χ3v) is 3.66.